The van der Waals surface area contributed by atoms with Crippen molar-refractivity contribution in [1.29, 1.82) is 5.41 Å². The van der Waals surface area contributed by atoms with Gasteiger partial charge in [0.05, 0.1) is 7.11 Å². The molecular formula is C33H44ClN3O7. The molecule has 3 amide bonds. The Morgan fingerprint density at radius 1 is 1.07 bits per heavy atom. The van der Waals surface area contributed by atoms with Crippen molar-refractivity contribution in [3.8, 4) is 5.75 Å². The fourth-order valence-electron chi connectivity index (χ4n) is 5.17. The van der Waals surface area contributed by atoms with E-state index in [1.165, 1.54) is 59.0 Å². The average molecular weight is 630 g/mol. The Morgan fingerprint density at radius 2 is 1.68 bits per heavy atom. The van der Waals surface area contributed by atoms with Gasteiger partial charge < -0.3 is 30.0 Å². The van der Waals surface area contributed by atoms with Crippen LogP contribution in [-0.4, -0.2) is 53.8 Å². The minimum Gasteiger partial charge on any atom is -0.497 e. The van der Waals surface area contributed by atoms with Crippen molar-refractivity contribution < 1.29 is 33.7 Å². The minimum atomic E-state index is -2.12. The third kappa shape index (κ3) is 9.03. The molecule has 0 radical (unpaired) electrons. The number of amides is 3. The normalized spacial score (nSPS) is 16.8. The molecule has 0 bridgehead atoms. The summed E-state index contributed by atoms with van der Waals surface area (Å²) in [5.41, 5.74) is -0.934. The summed E-state index contributed by atoms with van der Waals surface area (Å²) in [4.78, 5) is 38.1. The Morgan fingerprint density at radius 3 is 2.23 bits per heavy atom. The lowest BCUT2D eigenvalue weighted by Crippen LogP contribution is -2.48. The lowest BCUT2D eigenvalue weighted by Gasteiger charge is -2.35. The number of hydrogen-bond donors (Lipinski definition) is 3. The number of nitrogens with zero attached hydrogens (tertiary/aromatic N) is 1. The van der Waals surface area contributed by atoms with Gasteiger partial charge in [-0.05, 0) is 49.2 Å². The van der Waals surface area contributed by atoms with Crippen molar-refractivity contribution >= 4 is 41.4 Å². The highest BCUT2D eigenvalue weighted by Gasteiger charge is 2.47. The average Bonchev–Trinajstić information content (AvgIpc) is 3.28. The van der Waals surface area contributed by atoms with Crippen LogP contribution in [0.5, 0.6) is 5.75 Å². The second-order valence-electron chi connectivity index (χ2n) is 11.0. The topological polar surface area (TPSA) is 138 Å². The number of carbonyl (C=O) groups excluding carboxylic acids is 3. The van der Waals surface area contributed by atoms with Gasteiger partial charge in [-0.1, -0.05) is 88.4 Å². The first-order valence-corrected chi connectivity index (χ1v) is 15.7. The molecule has 0 spiro atoms. The number of carbonyl (C=O) groups is 3. The summed E-state index contributed by atoms with van der Waals surface area (Å²) in [6.07, 6.45) is 8.64. The maximum absolute atomic E-state index is 12.8. The Labute approximate surface area is 264 Å². The van der Waals surface area contributed by atoms with Gasteiger partial charge in [-0.25, -0.2) is 4.79 Å². The summed E-state index contributed by atoms with van der Waals surface area (Å²) in [5, 5.41) is 22.5. The summed E-state index contributed by atoms with van der Waals surface area (Å²) < 4.78 is 16.1. The Hall–Kier alpha value is -3.47. The molecule has 2 aromatic rings. The zero-order valence-corrected chi connectivity index (χ0v) is 26.5. The maximum atomic E-state index is 12.8. The summed E-state index contributed by atoms with van der Waals surface area (Å²) in [6.45, 7) is 3.59. The fourth-order valence-corrected chi connectivity index (χ4v) is 5.43. The molecule has 1 fully saturated rings. The number of anilines is 1. The molecule has 1 aliphatic rings. The number of imide groups is 1. The van der Waals surface area contributed by atoms with Crippen molar-refractivity contribution in [2.45, 2.75) is 103 Å². The maximum Gasteiger partial charge on any atom is 0.421 e. The molecule has 240 valence electrons. The number of aliphatic hydroxyl groups excluding tert-OH is 1. The zero-order chi connectivity index (χ0) is 32.1. The molecule has 1 aliphatic heterocycles. The summed E-state index contributed by atoms with van der Waals surface area (Å²) in [6, 6.07) is 11.2. The zero-order valence-electron chi connectivity index (χ0n) is 25.8. The molecule has 3 atom stereocenters. The van der Waals surface area contributed by atoms with E-state index in [0.29, 0.717) is 28.3 Å². The van der Waals surface area contributed by atoms with Gasteiger partial charge in [0.1, 0.15) is 5.75 Å². The Kier molecular flexibility index (Phi) is 13.6. The summed E-state index contributed by atoms with van der Waals surface area (Å²) >= 11 is 6.63. The highest BCUT2D eigenvalue weighted by Crippen LogP contribution is 2.40. The number of benzene rings is 2. The fraction of sp³-hybridized carbons (Fsp3) is 0.515. The lowest BCUT2D eigenvalue weighted by molar-refractivity contribution is -0.209. The number of nitrogens with one attached hydrogen (secondary N) is 2. The van der Waals surface area contributed by atoms with E-state index < -0.39 is 30.1 Å². The first-order chi connectivity index (χ1) is 21.2. The minimum absolute atomic E-state index is 0.160. The van der Waals surface area contributed by atoms with Crippen LogP contribution in [0.1, 0.15) is 95.6 Å². The largest absolute Gasteiger partial charge is 0.497 e. The van der Waals surface area contributed by atoms with Crippen molar-refractivity contribution in [3.05, 3.63) is 58.6 Å². The third-order valence-corrected chi connectivity index (χ3v) is 8.03. The van der Waals surface area contributed by atoms with E-state index in [1.807, 2.05) is 0 Å². The molecule has 0 aromatic heterocycles. The quantitative estimate of drug-likeness (QED) is 0.0852. The number of rotatable bonds is 19. The number of aliphatic hydroxyl groups is 1. The van der Waals surface area contributed by atoms with Gasteiger partial charge in [0, 0.05) is 28.9 Å². The molecule has 2 aromatic carbocycles. The number of ether oxygens (including phenoxy) is 3. The van der Waals surface area contributed by atoms with Crippen molar-refractivity contribution in [2.24, 2.45) is 0 Å². The van der Waals surface area contributed by atoms with Crippen molar-refractivity contribution in [2.75, 3.05) is 12.4 Å². The van der Waals surface area contributed by atoms with Crippen LogP contribution in [0.2, 0.25) is 5.02 Å². The van der Waals surface area contributed by atoms with Gasteiger partial charge in [0.2, 0.25) is 5.91 Å². The van der Waals surface area contributed by atoms with Crippen LogP contribution in [0.3, 0.4) is 0 Å². The molecule has 3 N–H and O–H groups in total. The molecule has 1 heterocycles. The van der Waals surface area contributed by atoms with Gasteiger partial charge >= 0.3 is 6.09 Å². The van der Waals surface area contributed by atoms with Crippen LogP contribution in [0.15, 0.2) is 42.5 Å². The summed E-state index contributed by atoms with van der Waals surface area (Å²) in [5.74, 6) is -0.433. The molecular weight excluding hydrogens is 586 g/mol. The van der Waals surface area contributed by atoms with Gasteiger partial charge in [0.15, 0.2) is 11.7 Å². The molecule has 0 saturated carbocycles. The standard InChI is InChI=1S/C33H44ClN3O7/c1-4-5-6-7-8-9-10-11-12-13-14-29(38)36-25-17-20-28(34)27(21-25)33(22-35,24-15-18-26(42-3)19-16-24)44-32(41)37-30(39)23(2)43-31(37)40/h15-23,32,35,41H,4-14H2,1-3H3,(H,36,38). The number of unbranched alkanes of at least 4 members (excludes halogenated alkanes) is 9. The Bertz CT molecular complexity index is 1270. The van der Waals surface area contributed by atoms with Gasteiger partial charge in [-0.3, -0.25) is 9.59 Å². The van der Waals surface area contributed by atoms with Gasteiger partial charge in [-0.2, -0.15) is 4.90 Å². The van der Waals surface area contributed by atoms with Crippen molar-refractivity contribution in [1.82, 2.24) is 4.90 Å². The third-order valence-electron chi connectivity index (χ3n) is 7.70. The molecule has 3 unspecified atom stereocenters. The predicted octanol–water partition coefficient (Wildman–Crippen LogP) is 7.15. The molecule has 3 rings (SSSR count). The van der Waals surface area contributed by atoms with Crippen LogP contribution in [0.25, 0.3) is 0 Å². The lowest BCUT2D eigenvalue weighted by atomic mass is 9.86. The highest BCUT2D eigenvalue weighted by molar-refractivity contribution is 6.31. The molecule has 0 aliphatic carbocycles. The Balaban J connectivity index is 1.75. The predicted molar refractivity (Wildman–Crippen MR) is 169 cm³/mol. The first-order valence-electron chi connectivity index (χ1n) is 15.3. The highest BCUT2D eigenvalue weighted by atomic mass is 35.5. The van der Waals surface area contributed by atoms with Crippen molar-refractivity contribution in [3.63, 3.8) is 0 Å². The number of cyclic esters (lactones) is 1. The second kappa shape index (κ2) is 17.1. The van der Waals surface area contributed by atoms with E-state index in [2.05, 4.69) is 12.2 Å². The van der Waals surface area contributed by atoms with Crippen LogP contribution in [0.4, 0.5) is 10.5 Å². The monoisotopic (exact) mass is 629 g/mol. The number of hydrogen-bond acceptors (Lipinski definition) is 8. The second-order valence-corrected chi connectivity index (χ2v) is 11.4. The van der Waals surface area contributed by atoms with Crippen LogP contribution in [0, 0.1) is 5.41 Å². The smallest absolute Gasteiger partial charge is 0.421 e. The van der Waals surface area contributed by atoms with E-state index in [4.69, 9.17) is 31.2 Å². The van der Waals surface area contributed by atoms with Gasteiger partial charge in [-0.15, -0.1) is 0 Å². The summed E-state index contributed by atoms with van der Waals surface area (Å²) in [7, 11) is 1.50. The molecule has 10 nitrogen and oxygen atoms in total. The van der Waals surface area contributed by atoms with Gasteiger partial charge in [0.25, 0.3) is 12.3 Å². The van der Waals surface area contributed by atoms with E-state index in [9.17, 15) is 19.5 Å². The SMILES string of the molecule is CCCCCCCCCCCCC(=O)Nc1ccc(Cl)c(C(C=N)(OC(O)N2C(=O)OC(C)C2=O)c2ccc(OC)cc2)c1. The van der Waals surface area contributed by atoms with E-state index in [-0.39, 0.29) is 16.5 Å². The van der Waals surface area contributed by atoms with E-state index >= 15 is 0 Å². The molecule has 44 heavy (non-hydrogen) atoms. The van der Waals surface area contributed by atoms with Crippen LogP contribution < -0.4 is 10.1 Å². The van der Waals surface area contributed by atoms with E-state index in [1.54, 1.807) is 42.5 Å². The molecule has 1 saturated heterocycles. The van der Waals surface area contributed by atoms with Crippen LogP contribution in [-0.2, 0) is 24.7 Å². The van der Waals surface area contributed by atoms with Crippen LogP contribution >= 0.6 is 11.6 Å². The first kappa shape index (κ1) is 35.0. The molecule has 11 heteroatoms. The van der Waals surface area contributed by atoms with E-state index in [0.717, 1.165) is 25.5 Å². The number of methoxy groups -OCH3 is 1. The number of halogens is 1.